The van der Waals surface area contributed by atoms with Crippen LogP contribution in [0.3, 0.4) is 0 Å². The summed E-state index contributed by atoms with van der Waals surface area (Å²) in [6.45, 7) is 4.36. The zero-order chi connectivity index (χ0) is 23.7. The molecular formula is C26H26BrClN2O3. The summed E-state index contributed by atoms with van der Waals surface area (Å²) >= 11 is 9.62. The molecule has 33 heavy (non-hydrogen) atoms. The van der Waals surface area contributed by atoms with Crippen molar-refractivity contribution in [2.45, 2.75) is 38.4 Å². The predicted octanol–water partition coefficient (Wildman–Crippen LogP) is 5.55. The molecule has 0 saturated carbocycles. The van der Waals surface area contributed by atoms with Crippen molar-refractivity contribution in [3.05, 3.63) is 81.3 Å². The van der Waals surface area contributed by atoms with E-state index in [1.165, 1.54) is 0 Å². The summed E-state index contributed by atoms with van der Waals surface area (Å²) in [5, 5.41) is 13.0. The quantitative estimate of drug-likeness (QED) is 0.455. The topological polar surface area (TPSA) is 60.9 Å². The zero-order valence-electron chi connectivity index (χ0n) is 18.5. The maximum Gasteiger partial charge on any atom is 0.323 e. The van der Waals surface area contributed by atoms with Crippen molar-refractivity contribution in [2.75, 3.05) is 13.1 Å². The van der Waals surface area contributed by atoms with E-state index >= 15 is 0 Å². The first-order valence-electron chi connectivity index (χ1n) is 11.0. The van der Waals surface area contributed by atoms with Crippen molar-refractivity contribution in [2.24, 2.45) is 0 Å². The summed E-state index contributed by atoms with van der Waals surface area (Å²) in [4.78, 5) is 29.4. The predicted molar refractivity (Wildman–Crippen MR) is 135 cm³/mol. The second kappa shape index (κ2) is 9.84. The van der Waals surface area contributed by atoms with E-state index in [9.17, 15) is 14.7 Å². The Morgan fingerprint density at radius 1 is 1.12 bits per heavy atom. The third kappa shape index (κ3) is 4.93. The van der Waals surface area contributed by atoms with E-state index in [1.54, 1.807) is 9.80 Å². The number of piperazine rings is 1. The molecule has 1 heterocycles. The first-order valence-corrected chi connectivity index (χ1v) is 12.1. The SMILES string of the molecule is CC(C)N1CC(=O)N(CCc2ccc(Cl)cc2Br)[C@H](c2ccc3ccccc3c2)[C@H]1C(=O)O. The van der Waals surface area contributed by atoms with Gasteiger partial charge in [0.05, 0.1) is 12.6 Å². The second-order valence-corrected chi connectivity index (χ2v) is 9.96. The average Bonchev–Trinajstić information content (AvgIpc) is 2.78. The molecule has 1 N–H and O–H groups in total. The number of carbonyl (C=O) groups excluding carboxylic acids is 1. The van der Waals surface area contributed by atoms with Crippen LogP contribution in [0.5, 0.6) is 0 Å². The summed E-state index contributed by atoms with van der Waals surface area (Å²) in [7, 11) is 0. The minimum Gasteiger partial charge on any atom is -0.480 e. The van der Waals surface area contributed by atoms with Crippen LogP contribution in [0.25, 0.3) is 10.8 Å². The number of aliphatic carboxylic acids is 1. The molecule has 0 aromatic heterocycles. The molecule has 0 bridgehead atoms. The van der Waals surface area contributed by atoms with Gasteiger partial charge in [-0.15, -0.1) is 0 Å². The largest absolute Gasteiger partial charge is 0.480 e. The summed E-state index contributed by atoms with van der Waals surface area (Å²) in [5.74, 6) is -0.989. The maximum atomic E-state index is 13.3. The molecule has 2 atom stereocenters. The number of fused-ring (bicyclic) bond motifs is 1. The number of carbonyl (C=O) groups is 2. The fourth-order valence-electron chi connectivity index (χ4n) is 4.62. The van der Waals surface area contributed by atoms with Gasteiger partial charge in [-0.1, -0.05) is 70.0 Å². The molecule has 172 valence electrons. The molecule has 7 heteroatoms. The Bertz CT molecular complexity index is 1200. The third-order valence-corrected chi connectivity index (χ3v) is 7.27. The normalized spacial score (nSPS) is 19.4. The number of hydrogen-bond donors (Lipinski definition) is 1. The molecule has 0 unspecified atom stereocenters. The van der Waals surface area contributed by atoms with Gasteiger partial charge in [-0.25, -0.2) is 0 Å². The highest BCUT2D eigenvalue weighted by Crippen LogP contribution is 2.35. The van der Waals surface area contributed by atoms with Crippen LogP contribution in [0.2, 0.25) is 5.02 Å². The summed E-state index contributed by atoms with van der Waals surface area (Å²) in [5.41, 5.74) is 1.84. The Kier molecular flexibility index (Phi) is 7.07. The first kappa shape index (κ1) is 23.7. The number of rotatable bonds is 6. The monoisotopic (exact) mass is 528 g/mol. The van der Waals surface area contributed by atoms with Crippen molar-refractivity contribution in [1.82, 2.24) is 9.80 Å². The van der Waals surface area contributed by atoms with E-state index in [0.29, 0.717) is 18.0 Å². The van der Waals surface area contributed by atoms with E-state index in [2.05, 4.69) is 15.9 Å². The van der Waals surface area contributed by atoms with Crippen LogP contribution < -0.4 is 0 Å². The number of carboxylic acids is 1. The van der Waals surface area contributed by atoms with Crippen LogP contribution in [-0.2, 0) is 16.0 Å². The Morgan fingerprint density at radius 3 is 2.52 bits per heavy atom. The van der Waals surface area contributed by atoms with Crippen LogP contribution in [0, 0.1) is 0 Å². The molecule has 1 saturated heterocycles. The third-order valence-electron chi connectivity index (χ3n) is 6.30. The Labute approximate surface area is 207 Å². The number of nitrogens with zero attached hydrogens (tertiary/aromatic N) is 2. The number of carboxylic acid groups (broad SMARTS) is 1. The number of amides is 1. The Balaban J connectivity index is 1.75. The average molecular weight is 530 g/mol. The lowest BCUT2D eigenvalue weighted by Crippen LogP contribution is -2.62. The number of benzene rings is 3. The van der Waals surface area contributed by atoms with Gasteiger partial charge in [-0.3, -0.25) is 14.5 Å². The fourth-order valence-corrected chi connectivity index (χ4v) is 5.50. The molecule has 5 nitrogen and oxygen atoms in total. The highest BCUT2D eigenvalue weighted by atomic mass is 79.9. The van der Waals surface area contributed by atoms with Crippen LogP contribution in [0.15, 0.2) is 65.1 Å². The van der Waals surface area contributed by atoms with E-state index < -0.39 is 18.1 Å². The summed E-state index contributed by atoms with van der Waals surface area (Å²) in [6.07, 6.45) is 0.585. The Hall–Kier alpha value is -2.41. The Morgan fingerprint density at radius 2 is 1.85 bits per heavy atom. The van der Waals surface area contributed by atoms with Crippen LogP contribution in [-0.4, -0.2) is 52.0 Å². The lowest BCUT2D eigenvalue weighted by molar-refractivity contribution is -0.159. The van der Waals surface area contributed by atoms with Gasteiger partial charge in [0.1, 0.15) is 6.04 Å². The van der Waals surface area contributed by atoms with Crippen molar-refractivity contribution < 1.29 is 14.7 Å². The van der Waals surface area contributed by atoms with Gasteiger partial charge in [0, 0.05) is 22.1 Å². The molecule has 4 rings (SSSR count). The van der Waals surface area contributed by atoms with Gasteiger partial charge >= 0.3 is 5.97 Å². The lowest BCUT2D eigenvalue weighted by Gasteiger charge is -2.47. The summed E-state index contributed by atoms with van der Waals surface area (Å²) in [6, 6.07) is 18.0. The molecule has 0 spiro atoms. The molecule has 0 aliphatic carbocycles. The number of halogens is 2. The maximum absolute atomic E-state index is 13.3. The van der Waals surface area contributed by atoms with Crippen molar-refractivity contribution in [1.29, 1.82) is 0 Å². The minimum absolute atomic E-state index is 0.0653. The molecule has 1 aliphatic rings. The van der Waals surface area contributed by atoms with Crippen molar-refractivity contribution >= 4 is 50.2 Å². The van der Waals surface area contributed by atoms with Crippen LogP contribution >= 0.6 is 27.5 Å². The van der Waals surface area contributed by atoms with E-state index in [0.717, 1.165) is 26.4 Å². The summed E-state index contributed by atoms with van der Waals surface area (Å²) < 4.78 is 0.875. The molecular weight excluding hydrogens is 504 g/mol. The van der Waals surface area contributed by atoms with Gasteiger partial charge in [0.2, 0.25) is 5.91 Å². The van der Waals surface area contributed by atoms with Crippen LogP contribution in [0.1, 0.15) is 31.0 Å². The van der Waals surface area contributed by atoms with Gasteiger partial charge in [0.15, 0.2) is 0 Å². The van der Waals surface area contributed by atoms with Gasteiger partial charge in [-0.05, 0) is 60.4 Å². The molecule has 1 fully saturated rings. The molecule has 1 amide bonds. The second-order valence-electron chi connectivity index (χ2n) is 8.67. The van der Waals surface area contributed by atoms with E-state index in [1.807, 2.05) is 74.5 Å². The molecule has 3 aromatic carbocycles. The number of hydrogen-bond acceptors (Lipinski definition) is 3. The van der Waals surface area contributed by atoms with E-state index in [4.69, 9.17) is 11.6 Å². The highest BCUT2D eigenvalue weighted by Gasteiger charge is 2.46. The van der Waals surface area contributed by atoms with Gasteiger partial charge < -0.3 is 10.0 Å². The zero-order valence-corrected chi connectivity index (χ0v) is 20.9. The van der Waals surface area contributed by atoms with Gasteiger partial charge in [-0.2, -0.15) is 0 Å². The standard InChI is InChI=1S/C26H26BrClN2O3/c1-16(2)30-15-23(31)29(12-11-18-9-10-21(28)14-22(18)27)24(25(30)26(32)33)20-8-7-17-5-3-4-6-19(17)13-20/h3-10,13-14,16,24-25H,11-12,15H2,1-2H3,(H,32,33)/t24-,25+/m1/s1. The fraction of sp³-hybridized carbons (Fsp3) is 0.308. The molecule has 3 aromatic rings. The lowest BCUT2D eigenvalue weighted by atomic mass is 9.90. The van der Waals surface area contributed by atoms with Crippen molar-refractivity contribution in [3.63, 3.8) is 0 Å². The molecule has 0 radical (unpaired) electrons. The smallest absolute Gasteiger partial charge is 0.323 e. The minimum atomic E-state index is -0.924. The van der Waals surface area contributed by atoms with Gasteiger partial charge in [0.25, 0.3) is 0 Å². The van der Waals surface area contributed by atoms with E-state index in [-0.39, 0.29) is 18.5 Å². The van der Waals surface area contributed by atoms with Crippen molar-refractivity contribution in [3.8, 4) is 0 Å². The highest BCUT2D eigenvalue weighted by molar-refractivity contribution is 9.10. The first-order chi connectivity index (χ1) is 15.8. The van der Waals surface area contributed by atoms with Crippen LogP contribution in [0.4, 0.5) is 0 Å². The molecule has 1 aliphatic heterocycles.